The number of fused-ring (bicyclic) bond motifs is 1. The van der Waals surface area contributed by atoms with E-state index in [4.69, 9.17) is 25.3 Å². The zero-order valence-corrected chi connectivity index (χ0v) is 17.9. The largest absolute Gasteiger partial charge is 0.482 e. The van der Waals surface area contributed by atoms with Gasteiger partial charge in [-0.2, -0.15) is 0 Å². The molecule has 154 valence electrons. The van der Waals surface area contributed by atoms with Crippen LogP contribution in [0.3, 0.4) is 0 Å². The van der Waals surface area contributed by atoms with Gasteiger partial charge in [0.2, 0.25) is 5.91 Å². The fourth-order valence-electron chi connectivity index (χ4n) is 5.96. The number of benzene rings is 1. The first kappa shape index (κ1) is 19.5. The Bertz CT molecular complexity index is 946. The molecule has 6 rings (SSSR count). The van der Waals surface area contributed by atoms with Crippen molar-refractivity contribution in [1.82, 2.24) is 5.32 Å². The number of nitrogens with one attached hydrogen (secondary N) is 1. The van der Waals surface area contributed by atoms with E-state index in [-0.39, 0.29) is 34.8 Å². The van der Waals surface area contributed by atoms with Crippen molar-refractivity contribution >= 4 is 35.6 Å². The average Bonchev–Trinajstić information content (AvgIpc) is 3.27. The Balaban J connectivity index is 1.41. The second kappa shape index (κ2) is 6.76. The lowest BCUT2D eigenvalue weighted by Crippen LogP contribution is -2.65. The zero-order valence-electron chi connectivity index (χ0n) is 17.1. The molecule has 4 unspecified atom stereocenters. The number of hydrogen-bond donors (Lipinski definition) is 1. The number of amides is 1. The molecule has 1 aromatic heterocycles. The third-order valence-electron chi connectivity index (χ3n) is 7.77. The first-order valence-electron chi connectivity index (χ1n) is 10.5. The molecule has 0 spiro atoms. The van der Waals surface area contributed by atoms with Gasteiger partial charge >= 0.3 is 7.12 Å². The van der Waals surface area contributed by atoms with Crippen molar-refractivity contribution in [1.29, 1.82) is 0 Å². The van der Waals surface area contributed by atoms with Gasteiger partial charge in [0.05, 0.1) is 23.9 Å². The Morgan fingerprint density at radius 1 is 1.31 bits per heavy atom. The number of alkyl halides is 1. The summed E-state index contributed by atoms with van der Waals surface area (Å²) in [5.41, 5.74) is 1.82. The summed E-state index contributed by atoms with van der Waals surface area (Å²) in [6.45, 7) is 6.87. The molecule has 29 heavy (non-hydrogen) atoms. The van der Waals surface area contributed by atoms with Crippen LogP contribution in [0.5, 0.6) is 0 Å². The van der Waals surface area contributed by atoms with Crippen molar-refractivity contribution in [3.8, 4) is 0 Å². The van der Waals surface area contributed by atoms with Gasteiger partial charge in [-0.1, -0.05) is 32.0 Å². The Kier molecular flexibility index (Phi) is 4.54. The maximum absolute atomic E-state index is 12.2. The maximum atomic E-state index is 12.2. The summed E-state index contributed by atoms with van der Waals surface area (Å²) in [4.78, 5) is 12.2. The Hall–Kier alpha value is -1.50. The van der Waals surface area contributed by atoms with Gasteiger partial charge in [0.15, 0.2) is 0 Å². The fraction of sp³-hybridized carbons (Fsp3) is 0.591. The van der Waals surface area contributed by atoms with E-state index in [1.165, 1.54) is 6.42 Å². The monoisotopic (exact) mass is 415 g/mol. The first-order chi connectivity index (χ1) is 13.8. The van der Waals surface area contributed by atoms with Crippen molar-refractivity contribution in [2.24, 2.45) is 17.3 Å². The van der Waals surface area contributed by atoms with Gasteiger partial charge in [0.1, 0.15) is 11.5 Å². The van der Waals surface area contributed by atoms with Crippen LogP contribution < -0.4 is 5.32 Å². The van der Waals surface area contributed by atoms with E-state index in [9.17, 15) is 4.79 Å². The summed E-state index contributed by atoms with van der Waals surface area (Å²) in [6, 6.07) is 7.91. The SMILES string of the molecule is CC1(C)C2CC3OB(C(Cc4coc5ccccc45)NC(=O)CCl)O[C@@]3(C)C1C2. The maximum Gasteiger partial charge on any atom is 0.482 e. The molecule has 4 aliphatic rings. The van der Waals surface area contributed by atoms with E-state index in [1.54, 1.807) is 6.26 Å². The summed E-state index contributed by atoms with van der Waals surface area (Å²) in [7, 11) is -0.499. The number of carbonyl (C=O) groups excluding carboxylic acids is 1. The van der Waals surface area contributed by atoms with Crippen LogP contribution in [-0.2, 0) is 20.5 Å². The van der Waals surface area contributed by atoms with Crippen LogP contribution in [-0.4, -0.2) is 36.6 Å². The lowest BCUT2D eigenvalue weighted by Gasteiger charge is -2.64. The minimum Gasteiger partial charge on any atom is -0.464 e. The lowest BCUT2D eigenvalue weighted by atomic mass is 9.43. The zero-order chi connectivity index (χ0) is 20.4. The van der Waals surface area contributed by atoms with Crippen molar-refractivity contribution in [2.75, 3.05) is 5.88 Å². The van der Waals surface area contributed by atoms with Crippen LogP contribution in [0.2, 0.25) is 0 Å². The molecule has 2 aromatic rings. The highest BCUT2D eigenvalue weighted by Gasteiger charge is 2.68. The number of furan rings is 1. The molecule has 5 nitrogen and oxygen atoms in total. The van der Waals surface area contributed by atoms with E-state index in [0.29, 0.717) is 18.3 Å². The predicted octanol–water partition coefficient (Wildman–Crippen LogP) is 3.97. The van der Waals surface area contributed by atoms with E-state index >= 15 is 0 Å². The number of rotatable bonds is 5. The highest BCUT2D eigenvalue weighted by atomic mass is 35.5. The van der Waals surface area contributed by atoms with Crippen molar-refractivity contribution in [3.05, 3.63) is 36.1 Å². The highest BCUT2D eigenvalue weighted by molar-refractivity contribution is 6.48. The van der Waals surface area contributed by atoms with Crippen LogP contribution in [0.25, 0.3) is 11.0 Å². The molecule has 3 saturated carbocycles. The van der Waals surface area contributed by atoms with Gasteiger partial charge in [-0.25, -0.2) is 0 Å². The van der Waals surface area contributed by atoms with Crippen LogP contribution in [0, 0.1) is 17.3 Å². The van der Waals surface area contributed by atoms with E-state index in [2.05, 4.69) is 26.1 Å². The molecular weight excluding hydrogens is 389 g/mol. The van der Waals surface area contributed by atoms with Crippen LogP contribution in [0.15, 0.2) is 34.9 Å². The molecule has 2 heterocycles. The van der Waals surface area contributed by atoms with Gasteiger partial charge in [-0.05, 0) is 55.1 Å². The van der Waals surface area contributed by atoms with E-state index in [0.717, 1.165) is 23.0 Å². The third kappa shape index (κ3) is 2.95. The molecule has 1 aromatic carbocycles. The van der Waals surface area contributed by atoms with Crippen LogP contribution in [0.4, 0.5) is 0 Å². The quantitative estimate of drug-likeness (QED) is 0.593. The van der Waals surface area contributed by atoms with E-state index < -0.39 is 7.12 Å². The number of hydrogen-bond acceptors (Lipinski definition) is 4. The molecule has 7 heteroatoms. The molecule has 3 aliphatic carbocycles. The fourth-order valence-corrected chi connectivity index (χ4v) is 6.04. The molecule has 2 bridgehead atoms. The smallest absolute Gasteiger partial charge is 0.464 e. The number of para-hydroxylation sites is 1. The highest BCUT2D eigenvalue weighted by Crippen LogP contribution is 2.65. The topological polar surface area (TPSA) is 60.7 Å². The Morgan fingerprint density at radius 2 is 2.10 bits per heavy atom. The summed E-state index contributed by atoms with van der Waals surface area (Å²) in [6.07, 6.45) is 4.60. The minimum absolute atomic E-state index is 0.0702. The number of carbonyl (C=O) groups is 1. The first-order valence-corrected chi connectivity index (χ1v) is 11.0. The van der Waals surface area contributed by atoms with Crippen molar-refractivity contribution in [3.63, 3.8) is 0 Å². The molecule has 0 radical (unpaired) electrons. The second-order valence-electron chi connectivity index (χ2n) is 9.61. The van der Waals surface area contributed by atoms with Gasteiger partial charge in [-0.15, -0.1) is 11.6 Å². The van der Waals surface area contributed by atoms with Crippen LogP contribution >= 0.6 is 11.6 Å². The Labute approximate surface area is 176 Å². The molecule has 1 aliphatic heterocycles. The molecule has 1 saturated heterocycles. The number of halogens is 1. The summed E-state index contributed by atoms with van der Waals surface area (Å²) >= 11 is 5.78. The van der Waals surface area contributed by atoms with Gasteiger partial charge < -0.3 is 19.0 Å². The molecule has 1 N–H and O–H groups in total. The Morgan fingerprint density at radius 3 is 2.86 bits per heavy atom. The molecule has 1 amide bonds. The van der Waals surface area contributed by atoms with Crippen LogP contribution in [0.1, 0.15) is 39.2 Å². The summed E-state index contributed by atoms with van der Waals surface area (Å²) < 4.78 is 18.7. The average molecular weight is 416 g/mol. The lowest BCUT2D eigenvalue weighted by molar-refractivity contribution is -0.199. The van der Waals surface area contributed by atoms with Gasteiger partial charge in [0.25, 0.3) is 0 Å². The normalized spacial score (nSPS) is 33.2. The van der Waals surface area contributed by atoms with Gasteiger partial charge in [0, 0.05) is 5.39 Å². The predicted molar refractivity (Wildman–Crippen MR) is 113 cm³/mol. The third-order valence-corrected chi connectivity index (χ3v) is 8.01. The van der Waals surface area contributed by atoms with Gasteiger partial charge in [-0.3, -0.25) is 4.79 Å². The minimum atomic E-state index is -0.499. The molecule has 5 atom stereocenters. The standard InChI is InChI=1S/C22H27BClNO4/c1-21(2)14-9-17(21)22(3)18(10-14)28-23(29-22)19(25-20(26)11-24)8-13-12-27-16-7-5-4-6-15(13)16/h4-7,12,14,17-19H,8-11H2,1-3H3,(H,25,26)/t14?,17?,18?,19?,22-/m0/s1. The summed E-state index contributed by atoms with van der Waals surface area (Å²) in [5.74, 6) is 0.518. The van der Waals surface area contributed by atoms with E-state index in [1.807, 2.05) is 24.3 Å². The molecular formula is C22H27BClNO4. The van der Waals surface area contributed by atoms with Crippen molar-refractivity contribution < 1.29 is 18.5 Å². The second-order valence-corrected chi connectivity index (χ2v) is 9.87. The summed E-state index contributed by atoms with van der Waals surface area (Å²) in [5, 5.41) is 4.07. The molecule has 4 fully saturated rings. The van der Waals surface area contributed by atoms with Crippen molar-refractivity contribution in [2.45, 2.75) is 57.7 Å².